The molecule has 0 radical (unpaired) electrons. The Balaban J connectivity index is 2.84. The van der Waals surface area contributed by atoms with E-state index in [9.17, 15) is 19.2 Å². The van der Waals surface area contributed by atoms with Gasteiger partial charge in [0.1, 0.15) is 6.04 Å². The largest absolute Gasteiger partial charge is 0.480 e. The lowest BCUT2D eigenvalue weighted by molar-refractivity contribution is -0.152. The lowest BCUT2D eigenvalue weighted by atomic mass is 10.0. The Morgan fingerprint density at radius 1 is 1.15 bits per heavy atom. The molecule has 1 amide bonds. The van der Waals surface area contributed by atoms with E-state index in [1.807, 2.05) is 0 Å². The Bertz CT molecular complexity index is 569. The standard InChI is InChI=1S/C12H12N2O6/c13-7-4-2-1-3-6(7)9(15)5-8(11(17)18)14-10(16)12(19)20/h1-4,8H,5,13H2,(H,14,16)(H,17,18)(H,19,20)/t8-/m0/s1. The summed E-state index contributed by atoms with van der Waals surface area (Å²) >= 11 is 0. The van der Waals surface area contributed by atoms with Crippen LogP contribution >= 0.6 is 0 Å². The van der Waals surface area contributed by atoms with Gasteiger partial charge in [-0.2, -0.15) is 0 Å². The second-order valence-electron chi connectivity index (χ2n) is 3.88. The van der Waals surface area contributed by atoms with E-state index in [1.165, 1.54) is 12.1 Å². The summed E-state index contributed by atoms with van der Waals surface area (Å²) in [4.78, 5) is 44.1. The van der Waals surface area contributed by atoms with Crippen molar-refractivity contribution >= 4 is 29.3 Å². The number of carbonyl (C=O) groups is 4. The number of para-hydroxylation sites is 1. The zero-order chi connectivity index (χ0) is 15.3. The minimum atomic E-state index is -1.83. The number of rotatable bonds is 5. The molecule has 0 spiro atoms. The Kier molecular flexibility index (Phi) is 4.79. The van der Waals surface area contributed by atoms with Crippen molar-refractivity contribution in [3.8, 4) is 0 Å². The molecule has 8 nitrogen and oxygen atoms in total. The van der Waals surface area contributed by atoms with E-state index in [2.05, 4.69) is 0 Å². The van der Waals surface area contributed by atoms with Gasteiger partial charge in [-0.15, -0.1) is 0 Å². The third-order valence-electron chi connectivity index (χ3n) is 2.45. The number of amides is 1. The summed E-state index contributed by atoms with van der Waals surface area (Å²) in [7, 11) is 0. The molecular weight excluding hydrogens is 268 g/mol. The highest BCUT2D eigenvalue weighted by Gasteiger charge is 2.26. The first-order valence-electron chi connectivity index (χ1n) is 5.47. The Morgan fingerprint density at radius 2 is 1.75 bits per heavy atom. The highest BCUT2D eigenvalue weighted by atomic mass is 16.4. The minimum Gasteiger partial charge on any atom is -0.480 e. The molecule has 0 saturated heterocycles. The quantitative estimate of drug-likeness (QED) is 0.323. The highest BCUT2D eigenvalue weighted by Crippen LogP contribution is 2.14. The number of anilines is 1. The zero-order valence-electron chi connectivity index (χ0n) is 10.2. The molecule has 0 heterocycles. The minimum absolute atomic E-state index is 0.114. The molecule has 8 heteroatoms. The molecule has 0 aliphatic carbocycles. The number of hydrogen-bond donors (Lipinski definition) is 4. The van der Waals surface area contributed by atoms with E-state index in [-0.39, 0.29) is 11.3 Å². The number of ketones is 1. The van der Waals surface area contributed by atoms with Crippen LogP contribution in [-0.2, 0) is 14.4 Å². The van der Waals surface area contributed by atoms with E-state index in [0.29, 0.717) is 0 Å². The van der Waals surface area contributed by atoms with E-state index < -0.39 is 36.1 Å². The normalized spacial score (nSPS) is 11.4. The molecule has 0 fully saturated rings. The van der Waals surface area contributed by atoms with Crippen molar-refractivity contribution in [2.75, 3.05) is 5.73 Å². The van der Waals surface area contributed by atoms with Crippen LogP contribution in [0.5, 0.6) is 0 Å². The van der Waals surface area contributed by atoms with Crippen LogP contribution in [0.4, 0.5) is 5.69 Å². The van der Waals surface area contributed by atoms with Crippen LogP contribution in [0.1, 0.15) is 16.8 Å². The third kappa shape index (κ3) is 3.80. The molecule has 0 aliphatic rings. The van der Waals surface area contributed by atoms with Crippen molar-refractivity contribution in [1.82, 2.24) is 5.32 Å². The maximum atomic E-state index is 11.9. The van der Waals surface area contributed by atoms with Gasteiger partial charge in [0, 0.05) is 17.7 Å². The van der Waals surface area contributed by atoms with Crippen molar-refractivity contribution in [2.24, 2.45) is 0 Å². The summed E-state index contributed by atoms with van der Waals surface area (Å²) in [5.41, 5.74) is 5.86. The summed E-state index contributed by atoms with van der Waals surface area (Å²) in [5.74, 6) is -5.45. The molecule has 1 rings (SSSR count). The van der Waals surface area contributed by atoms with E-state index >= 15 is 0 Å². The maximum Gasteiger partial charge on any atom is 0.394 e. The fourth-order valence-electron chi connectivity index (χ4n) is 1.47. The van der Waals surface area contributed by atoms with Gasteiger partial charge in [0.15, 0.2) is 5.78 Å². The lowest BCUT2D eigenvalue weighted by Gasteiger charge is -2.12. The van der Waals surface area contributed by atoms with Gasteiger partial charge in [-0.25, -0.2) is 9.59 Å². The van der Waals surface area contributed by atoms with Crippen molar-refractivity contribution in [3.05, 3.63) is 29.8 Å². The van der Waals surface area contributed by atoms with E-state index in [0.717, 1.165) is 0 Å². The fraction of sp³-hybridized carbons (Fsp3) is 0.167. The number of nitrogens with one attached hydrogen (secondary N) is 1. The van der Waals surface area contributed by atoms with Crippen LogP contribution in [0.2, 0.25) is 0 Å². The molecule has 106 valence electrons. The lowest BCUT2D eigenvalue weighted by Crippen LogP contribution is -2.45. The Morgan fingerprint density at radius 3 is 2.25 bits per heavy atom. The number of aliphatic carboxylic acids is 2. The molecule has 20 heavy (non-hydrogen) atoms. The first kappa shape index (κ1) is 15.2. The average Bonchev–Trinajstić information content (AvgIpc) is 2.37. The maximum absolute atomic E-state index is 11.9. The van der Waals surface area contributed by atoms with Crippen LogP contribution in [0.3, 0.4) is 0 Å². The molecular formula is C12H12N2O6. The molecule has 0 aliphatic heterocycles. The predicted octanol–water partition coefficient (Wildman–Crippen LogP) is -0.504. The molecule has 0 aromatic heterocycles. The van der Waals surface area contributed by atoms with E-state index in [4.69, 9.17) is 15.9 Å². The SMILES string of the molecule is Nc1ccccc1C(=O)C[C@H](NC(=O)C(=O)O)C(=O)O. The molecule has 0 bridgehead atoms. The Labute approximate surface area is 113 Å². The fourth-order valence-corrected chi connectivity index (χ4v) is 1.47. The zero-order valence-corrected chi connectivity index (χ0v) is 10.2. The predicted molar refractivity (Wildman–Crippen MR) is 67.0 cm³/mol. The van der Waals surface area contributed by atoms with Gasteiger partial charge in [0.2, 0.25) is 0 Å². The van der Waals surface area contributed by atoms with Crippen molar-refractivity contribution < 1.29 is 29.4 Å². The van der Waals surface area contributed by atoms with Gasteiger partial charge in [-0.1, -0.05) is 12.1 Å². The van der Waals surface area contributed by atoms with Gasteiger partial charge in [-0.3, -0.25) is 9.59 Å². The van der Waals surface area contributed by atoms with Crippen molar-refractivity contribution in [2.45, 2.75) is 12.5 Å². The van der Waals surface area contributed by atoms with Crippen LogP contribution < -0.4 is 11.1 Å². The van der Waals surface area contributed by atoms with Crippen molar-refractivity contribution in [1.29, 1.82) is 0 Å². The number of nitrogen functional groups attached to an aromatic ring is 1. The number of Topliss-reactive ketones (excluding diaryl/α,β-unsaturated/α-hetero) is 1. The number of nitrogens with two attached hydrogens (primary N) is 1. The topological polar surface area (TPSA) is 147 Å². The number of hydrogen-bond acceptors (Lipinski definition) is 5. The smallest absolute Gasteiger partial charge is 0.394 e. The summed E-state index contributed by atoms with van der Waals surface area (Å²) in [5, 5.41) is 19.0. The molecule has 1 aromatic carbocycles. The summed E-state index contributed by atoms with van der Waals surface area (Å²) in [6.07, 6.45) is -0.595. The number of carbonyl (C=O) groups excluding carboxylic acids is 2. The molecule has 1 atom stereocenters. The molecule has 5 N–H and O–H groups in total. The first-order valence-corrected chi connectivity index (χ1v) is 5.47. The van der Waals surface area contributed by atoms with Gasteiger partial charge in [0.25, 0.3) is 0 Å². The van der Waals surface area contributed by atoms with Crippen molar-refractivity contribution in [3.63, 3.8) is 0 Å². The average molecular weight is 280 g/mol. The molecule has 1 aromatic rings. The second kappa shape index (κ2) is 6.32. The highest BCUT2D eigenvalue weighted by molar-refractivity contribution is 6.32. The summed E-state index contributed by atoms with van der Waals surface area (Å²) in [6, 6.07) is 4.40. The summed E-state index contributed by atoms with van der Waals surface area (Å²) < 4.78 is 0. The number of carboxylic acid groups (broad SMARTS) is 2. The van der Waals surface area contributed by atoms with Gasteiger partial charge >= 0.3 is 17.8 Å². The van der Waals surface area contributed by atoms with E-state index in [1.54, 1.807) is 17.4 Å². The van der Waals surface area contributed by atoms with Crippen LogP contribution in [-0.4, -0.2) is 39.9 Å². The third-order valence-corrected chi connectivity index (χ3v) is 2.45. The van der Waals surface area contributed by atoms with Crippen LogP contribution in [0.15, 0.2) is 24.3 Å². The van der Waals surface area contributed by atoms with Crippen LogP contribution in [0, 0.1) is 0 Å². The summed E-state index contributed by atoms with van der Waals surface area (Å²) in [6.45, 7) is 0. The number of benzene rings is 1. The Hall–Kier alpha value is -2.90. The molecule has 0 saturated carbocycles. The second-order valence-corrected chi connectivity index (χ2v) is 3.88. The van der Waals surface area contributed by atoms with Gasteiger partial charge < -0.3 is 21.3 Å². The van der Waals surface area contributed by atoms with Gasteiger partial charge in [-0.05, 0) is 12.1 Å². The first-order chi connectivity index (χ1) is 9.32. The molecule has 0 unspecified atom stereocenters. The van der Waals surface area contributed by atoms with Gasteiger partial charge in [0.05, 0.1) is 0 Å². The monoisotopic (exact) mass is 280 g/mol. The number of carboxylic acids is 2. The van der Waals surface area contributed by atoms with Crippen LogP contribution in [0.25, 0.3) is 0 Å².